The average molecular weight is 284 g/mol. The fourth-order valence-corrected chi connectivity index (χ4v) is 2.26. The summed E-state index contributed by atoms with van der Waals surface area (Å²) in [5.74, 6) is 0. The number of nitro groups is 1. The van der Waals surface area contributed by atoms with Crippen molar-refractivity contribution >= 4 is 22.7 Å². The summed E-state index contributed by atoms with van der Waals surface area (Å²) in [7, 11) is 0. The fourth-order valence-electron chi connectivity index (χ4n) is 1.60. The van der Waals surface area contributed by atoms with Gasteiger partial charge in [0.2, 0.25) is 0 Å². The van der Waals surface area contributed by atoms with Crippen LogP contribution in [0, 0.1) is 10.1 Å². The Kier molecular flexibility index (Phi) is 4.06. The molecule has 19 heavy (non-hydrogen) atoms. The summed E-state index contributed by atoms with van der Waals surface area (Å²) >= 11 is 1.51. The highest BCUT2D eigenvalue weighted by Gasteiger charge is 2.17. The van der Waals surface area contributed by atoms with Crippen LogP contribution in [0.2, 0.25) is 0 Å². The Hall–Kier alpha value is -2.02. The standard InChI is InChI=1S/C12H10F2N2O2S/c13-12(14)10-5-9(16(17)18)1-2-11(10)15-6-8-3-4-19-7-8/h1-5,7,12,15H,6H2. The molecule has 2 aromatic rings. The SMILES string of the molecule is O=[N+]([O-])c1ccc(NCc2ccsc2)c(C(F)F)c1. The van der Waals surface area contributed by atoms with E-state index < -0.39 is 11.3 Å². The van der Waals surface area contributed by atoms with E-state index in [0.29, 0.717) is 6.54 Å². The Morgan fingerprint density at radius 1 is 1.37 bits per heavy atom. The van der Waals surface area contributed by atoms with E-state index in [1.807, 2.05) is 16.8 Å². The van der Waals surface area contributed by atoms with Crippen LogP contribution in [0.3, 0.4) is 0 Å². The highest BCUT2D eigenvalue weighted by molar-refractivity contribution is 7.07. The number of thiophene rings is 1. The van der Waals surface area contributed by atoms with E-state index in [0.717, 1.165) is 11.6 Å². The first-order chi connectivity index (χ1) is 9.08. The van der Waals surface area contributed by atoms with Gasteiger partial charge in [-0.25, -0.2) is 8.78 Å². The number of rotatable bonds is 5. The molecule has 0 bridgehead atoms. The molecule has 7 heteroatoms. The molecular weight excluding hydrogens is 274 g/mol. The van der Waals surface area contributed by atoms with E-state index in [2.05, 4.69) is 5.32 Å². The monoisotopic (exact) mass is 284 g/mol. The van der Waals surface area contributed by atoms with Gasteiger partial charge >= 0.3 is 0 Å². The second-order valence-corrected chi connectivity index (χ2v) is 4.59. The highest BCUT2D eigenvalue weighted by atomic mass is 32.1. The van der Waals surface area contributed by atoms with Crippen LogP contribution in [0.1, 0.15) is 17.6 Å². The topological polar surface area (TPSA) is 55.2 Å². The van der Waals surface area contributed by atoms with Gasteiger partial charge in [0.05, 0.1) is 4.92 Å². The van der Waals surface area contributed by atoms with E-state index in [1.165, 1.54) is 23.5 Å². The van der Waals surface area contributed by atoms with Gasteiger partial charge in [0.1, 0.15) is 0 Å². The van der Waals surface area contributed by atoms with Gasteiger partial charge in [0.15, 0.2) is 0 Å². The molecule has 0 atom stereocenters. The van der Waals surface area contributed by atoms with Crippen molar-refractivity contribution in [3.05, 3.63) is 56.3 Å². The van der Waals surface area contributed by atoms with E-state index in [1.54, 1.807) is 0 Å². The number of benzene rings is 1. The van der Waals surface area contributed by atoms with Crippen molar-refractivity contribution in [2.24, 2.45) is 0 Å². The van der Waals surface area contributed by atoms with E-state index >= 15 is 0 Å². The molecule has 4 nitrogen and oxygen atoms in total. The Bertz CT molecular complexity index is 573. The lowest BCUT2D eigenvalue weighted by molar-refractivity contribution is -0.385. The smallest absolute Gasteiger partial charge is 0.270 e. The maximum Gasteiger partial charge on any atom is 0.270 e. The van der Waals surface area contributed by atoms with Gasteiger partial charge in [0.25, 0.3) is 12.1 Å². The second-order valence-electron chi connectivity index (χ2n) is 3.81. The molecule has 2 rings (SSSR count). The van der Waals surface area contributed by atoms with Gasteiger partial charge in [-0.15, -0.1) is 0 Å². The number of nitrogens with zero attached hydrogens (tertiary/aromatic N) is 1. The number of non-ortho nitro benzene ring substituents is 1. The van der Waals surface area contributed by atoms with Crippen molar-refractivity contribution in [2.75, 3.05) is 5.32 Å². The number of nitrogens with one attached hydrogen (secondary N) is 1. The number of halogens is 2. The quantitative estimate of drug-likeness (QED) is 0.661. The van der Waals surface area contributed by atoms with Crippen molar-refractivity contribution in [1.82, 2.24) is 0 Å². The van der Waals surface area contributed by atoms with Gasteiger partial charge in [-0.2, -0.15) is 11.3 Å². The summed E-state index contributed by atoms with van der Waals surface area (Å²) < 4.78 is 25.8. The lowest BCUT2D eigenvalue weighted by atomic mass is 10.1. The molecule has 0 amide bonds. The molecule has 1 aromatic carbocycles. The van der Waals surface area contributed by atoms with Crippen molar-refractivity contribution in [2.45, 2.75) is 13.0 Å². The predicted octanol–water partition coefficient (Wildman–Crippen LogP) is 4.21. The summed E-state index contributed by atoms with van der Waals surface area (Å²) in [5.41, 5.74) is 0.496. The zero-order chi connectivity index (χ0) is 13.8. The number of anilines is 1. The molecule has 0 spiro atoms. The van der Waals surface area contributed by atoms with Crippen molar-refractivity contribution in [3.8, 4) is 0 Å². The molecule has 100 valence electrons. The van der Waals surface area contributed by atoms with Crippen molar-refractivity contribution < 1.29 is 13.7 Å². The summed E-state index contributed by atoms with van der Waals surface area (Å²) in [6.07, 6.45) is -2.76. The molecule has 1 N–H and O–H groups in total. The van der Waals surface area contributed by atoms with E-state index in [4.69, 9.17) is 0 Å². The summed E-state index contributed by atoms with van der Waals surface area (Å²) in [5, 5.41) is 17.2. The van der Waals surface area contributed by atoms with Crippen molar-refractivity contribution in [3.63, 3.8) is 0 Å². The molecule has 0 radical (unpaired) electrons. The van der Waals surface area contributed by atoms with Crippen LogP contribution in [0.5, 0.6) is 0 Å². The van der Waals surface area contributed by atoms with Crippen molar-refractivity contribution in [1.29, 1.82) is 0 Å². The van der Waals surface area contributed by atoms with Gasteiger partial charge in [0, 0.05) is 29.9 Å². The second kappa shape index (κ2) is 5.75. The summed E-state index contributed by atoms with van der Waals surface area (Å²) in [6, 6.07) is 5.31. The third-order valence-corrected chi connectivity index (χ3v) is 3.28. The summed E-state index contributed by atoms with van der Waals surface area (Å²) in [6.45, 7) is 0.404. The molecule has 0 unspecified atom stereocenters. The molecule has 0 fully saturated rings. The third kappa shape index (κ3) is 3.25. The zero-order valence-corrected chi connectivity index (χ0v) is 10.5. The van der Waals surface area contributed by atoms with Gasteiger partial charge < -0.3 is 5.32 Å². The number of hydrogen-bond donors (Lipinski definition) is 1. The van der Waals surface area contributed by atoms with Crippen LogP contribution >= 0.6 is 11.3 Å². The molecule has 0 aliphatic rings. The minimum absolute atomic E-state index is 0.215. The van der Waals surface area contributed by atoms with Crippen LogP contribution in [-0.4, -0.2) is 4.92 Å². The normalized spacial score (nSPS) is 10.7. The first-order valence-corrected chi connectivity index (χ1v) is 6.33. The lowest BCUT2D eigenvalue weighted by Crippen LogP contribution is -2.03. The van der Waals surface area contributed by atoms with Crippen LogP contribution in [0.15, 0.2) is 35.0 Å². The number of hydrogen-bond acceptors (Lipinski definition) is 4. The zero-order valence-electron chi connectivity index (χ0n) is 9.68. The highest BCUT2D eigenvalue weighted by Crippen LogP contribution is 2.31. The average Bonchev–Trinajstić information content (AvgIpc) is 2.89. The minimum atomic E-state index is -2.76. The summed E-state index contributed by atoms with van der Waals surface area (Å²) in [4.78, 5) is 9.89. The van der Waals surface area contributed by atoms with E-state index in [9.17, 15) is 18.9 Å². The molecule has 0 saturated carbocycles. The van der Waals surface area contributed by atoms with Crippen LogP contribution < -0.4 is 5.32 Å². The van der Waals surface area contributed by atoms with Crippen LogP contribution in [0.4, 0.5) is 20.2 Å². The Morgan fingerprint density at radius 2 is 2.16 bits per heavy atom. The predicted molar refractivity (Wildman–Crippen MR) is 69.7 cm³/mol. The number of nitro benzene ring substituents is 1. The van der Waals surface area contributed by atoms with Gasteiger partial charge in [-0.3, -0.25) is 10.1 Å². The van der Waals surface area contributed by atoms with Gasteiger partial charge in [-0.1, -0.05) is 0 Å². The lowest BCUT2D eigenvalue weighted by Gasteiger charge is -2.10. The number of alkyl halides is 2. The first-order valence-electron chi connectivity index (χ1n) is 5.39. The molecule has 0 aliphatic carbocycles. The maximum absolute atomic E-state index is 12.9. The fraction of sp³-hybridized carbons (Fsp3) is 0.167. The van der Waals surface area contributed by atoms with Crippen LogP contribution in [0.25, 0.3) is 0 Å². The third-order valence-electron chi connectivity index (χ3n) is 2.54. The Balaban J connectivity index is 2.21. The van der Waals surface area contributed by atoms with Gasteiger partial charge in [-0.05, 0) is 28.5 Å². The molecule has 1 aromatic heterocycles. The Labute approximate surface area is 111 Å². The first kappa shape index (κ1) is 13.4. The largest absolute Gasteiger partial charge is 0.381 e. The van der Waals surface area contributed by atoms with Crippen LogP contribution in [-0.2, 0) is 6.54 Å². The molecule has 1 heterocycles. The maximum atomic E-state index is 12.9. The Morgan fingerprint density at radius 3 is 2.74 bits per heavy atom. The molecule has 0 saturated heterocycles. The molecular formula is C12H10F2N2O2S. The minimum Gasteiger partial charge on any atom is -0.381 e. The van der Waals surface area contributed by atoms with E-state index in [-0.39, 0.29) is 16.9 Å². The molecule has 0 aliphatic heterocycles.